The number of nitro groups is 1. The molecule has 0 fully saturated rings. The summed E-state index contributed by atoms with van der Waals surface area (Å²) in [6.45, 7) is 3.27. The van der Waals surface area contributed by atoms with Crippen LogP contribution in [-0.2, 0) is 6.54 Å². The summed E-state index contributed by atoms with van der Waals surface area (Å²) >= 11 is 0. The van der Waals surface area contributed by atoms with E-state index in [1.807, 2.05) is 0 Å². The highest BCUT2D eigenvalue weighted by Crippen LogP contribution is 2.07. The number of nitrogens with one attached hydrogen (secondary N) is 1. The van der Waals surface area contributed by atoms with Crippen molar-refractivity contribution in [3.05, 3.63) is 40.5 Å². The molecule has 0 bridgehead atoms. The predicted octanol–water partition coefficient (Wildman–Crippen LogP) is 1.45. The number of aromatic nitrogens is 4. The Hall–Kier alpha value is -2.51. The van der Waals surface area contributed by atoms with Crippen molar-refractivity contribution in [2.45, 2.75) is 19.9 Å². The van der Waals surface area contributed by atoms with E-state index in [4.69, 9.17) is 0 Å². The summed E-state index contributed by atoms with van der Waals surface area (Å²) in [5, 5.41) is 17.4. The van der Waals surface area contributed by atoms with Gasteiger partial charge in [0.1, 0.15) is 12.4 Å². The number of hydrogen-bond acceptors (Lipinski definition) is 6. The average Bonchev–Trinajstić information content (AvgIpc) is 2.87. The van der Waals surface area contributed by atoms with Crippen molar-refractivity contribution in [1.82, 2.24) is 19.7 Å². The molecule has 0 saturated carbocycles. The highest BCUT2D eigenvalue weighted by molar-refractivity contribution is 5.30. The number of hydrogen-bond donors (Lipinski definition) is 1. The van der Waals surface area contributed by atoms with Gasteiger partial charge in [-0.1, -0.05) is 6.92 Å². The van der Waals surface area contributed by atoms with E-state index in [0.29, 0.717) is 12.2 Å². The summed E-state index contributed by atoms with van der Waals surface area (Å²) < 4.78 is 1.46. The first-order chi connectivity index (χ1) is 9.19. The van der Waals surface area contributed by atoms with Gasteiger partial charge in [0.25, 0.3) is 0 Å². The minimum atomic E-state index is -0.528. The lowest BCUT2D eigenvalue weighted by Crippen LogP contribution is -2.06. The molecule has 2 heterocycles. The van der Waals surface area contributed by atoms with E-state index in [1.165, 1.54) is 10.7 Å². The molecule has 1 N–H and O–H groups in total. The Morgan fingerprint density at radius 3 is 2.84 bits per heavy atom. The smallest absolute Gasteiger partial charge is 0.369 e. The second-order valence-electron chi connectivity index (χ2n) is 3.95. The lowest BCUT2D eigenvalue weighted by molar-refractivity contribution is -0.389. The summed E-state index contributed by atoms with van der Waals surface area (Å²) in [6, 6.07) is 1.35. The molecule has 2 aromatic rings. The Balaban J connectivity index is 2.00. The van der Waals surface area contributed by atoms with Gasteiger partial charge in [0.15, 0.2) is 0 Å². The van der Waals surface area contributed by atoms with Crippen molar-refractivity contribution in [1.29, 1.82) is 0 Å². The topological polar surface area (TPSA) is 98.8 Å². The maximum absolute atomic E-state index is 10.5. The van der Waals surface area contributed by atoms with Crippen molar-refractivity contribution < 1.29 is 4.92 Å². The molecule has 0 amide bonds. The minimum absolute atomic E-state index is 0.172. The van der Waals surface area contributed by atoms with Gasteiger partial charge in [0.05, 0.1) is 35.4 Å². The fourth-order valence-electron chi connectivity index (χ4n) is 1.48. The van der Waals surface area contributed by atoms with Gasteiger partial charge in [-0.3, -0.25) is 4.98 Å². The van der Waals surface area contributed by atoms with E-state index >= 15 is 0 Å². The molecule has 2 aromatic heterocycles. The van der Waals surface area contributed by atoms with Crippen LogP contribution in [0.1, 0.15) is 19.0 Å². The quantitative estimate of drug-likeness (QED) is 0.625. The number of anilines is 1. The normalized spacial score (nSPS) is 10.4. The molecule has 0 atom stereocenters. The van der Waals surface area contributed by atoms with Gasteiger partial charge in [-0.15, -0.1) is 0 Å². The summed E-state index contributed by atoms with van der Waals surface area (Å²) in [4.78, 5) is 18.4. The van der Waals surface area contributed by atoms with Crippen molar-refractivity contribution in [2.75, 3.05) is 11.9 Å². The van der Waals surface area contributed by atoms with Crippen molar-refractivity contribution in [3.8, 4) is 0 Å². The first-order valence-corrected chi connectivity index (χ1v) is 5.91. The van der Waals surface area contributed by atoms with E-state index in [2.05, 4.69) is 27.3 Å². The average molecular weight is 262 g/mol. The van der Waals surface area contributed by atoms with Crippen LogP contribution in [0.3, 0.4) is 0 Å². The molecule has 0 spiro atoms. The maximum atomic E-state index is 10.5. The Labute approximate surface area is 109 Å². The third kappa shape index (κ3) is 3.47. The summed E-state index contributed by atoms with van der Waals surface area (Å²) in [6.07, 6.45) is 5.83. The first-order valence-electron chi connectivity index (χ1n) is 5.91. The predicted molar refractivity (Wildman–Crippen MR) is 68.8 cm³/mol. The third-order valence-electron chi connectivity index (χ3n) is 2.40. The molecule has 0 aliphatic carbocycles. The third-order valence-corrected chi connectivity index (χ3v) is 2.40. The second kappa shape index (κ2) is 5.89. The lowest BCUT2D eigenvalue weighted by Gasteiger charge is -2.03. The Bertz CT molecular complexity index is 551. The van der Waals surface area contributed by atoms with E-state index < -0.39 is 4.92 Å². The highest BCUT2D eigenvalue weighted by Gasteiger charge is 2.11. The van der Waals surface area contributed by atoms with Crippen LogP contribution in [0.5, 0.6) is 0 Å². The highest BCUT2D eigenvalue weighted by atomic mass is 16.6. The van der Waals surface area contributed by atoms with Gasteiger partial charge in [-0.2, -0.15) is 4.68 Å². The van der Waals surface area contributed by atoms with Gasteiger partial charge >= 0.3 is 5.82 Å². The zero-order chi connectivity index (χ0) is 13.7. The van der Waals surface area contributed by atoms with Crippen molar-refractivity contribution in [3.63, 3.8) is 0 Å². The van der Waals surface area contributed by atoms with Crippen molar-refractivity contribution in [2.24, 2.45) is 0 Å². The maximum Gasteiger partial charge on any atom is 0.389 e. The van der Waals surface area contributed by atoms with Crippen LogP contribution >= 0.6 is 0 Å². The second-order valence-corrected chi connectivity index (χ2v) is 3.95. The molecule has 0 aromatic carbocycles. The molecule has 0 aliphatic heterocycles. The van der Waals surface area contributed by atoms with E-state index in [0.717, 1.165) is 18.8 Å². The van der Waals surface area contributed by atoms with Crippen LogP contribution in [0.15, 0.2) is 24.7 Å². The van der Waals surface area contributed by atoms with E-state index in [-0.39, 0.29) is 5.82 Å². The summed E-state index contributed by atoms with van der Waals surface area (Å²) in [7, 11) is 0. The molecule has 0 radical (unpaired) electrons. The van der Waals surface area contributed by atoms with Crippen LogP contribution in [-0.4, -0.2) is 31.2 Å². The van der Waals surface area contributed by atoms with Gasteiger partial charge in [-0.05, 0) is 11.3 Å². The molecular weight excluding hydrogens is 248 g/mol. The fourth-order valence-corrected chi connectivity index (χ4v) is 1.48. The SMILES string of the molecule is CCCNc1cnc(Cn2ccc([N+](=O)[O-])n2)cn1. The molecular formula is C11H14N6O2. The molecule has 8 heteroatoms. The first kappa shape index (κ1) is 12.9. The van der Waals surface area contributed by atoms with Crippen molar-refractivity contribution >= 4 is 11.6 Å². The van der Waals surface area contributed by atoms with Crippen LogP contribution in [0.2, 0.25) is 0 Å². The molecule has 0 unspecified atom stereocenters. The number of rotatable bonds is 6. The van der Waals surface area contributed by atoms with Gasteiger partial charge < -0.3 is 15.4 Å². The van der Waals surface area contributed by atoms with E-state index in [9.17, 15) is 10.1 Å². The molecule has 2 rings (SSSR count). The minimum Gasteiger partial charge on any atom is -0.369 e. The molecule has 100 valence electrons. The molecule has 0 saturated heterocycles. The van der Waals surface area contributed by atoms with Crippen LogP contribution in [0, 0.1) is 10.1 Å². The Morgan fingerprint density at radius 1 is 1.42 bits per heavy atom. The zero-order valence-electron chi connectivity index (χ0n) is 10.5. The Morgan fingerprint density at radius 2 is 2.26 bits per heavy atom. The fraction of sp³-hybridized carbons (Fsp3) is 0.364. The largest absolute Gasteiger partial charge is 0.389 e. The van der Waals surface area contributed by atoms with Gasteiger partial charge in [0, 0.05) is 6.54 Å². The molecule has 19 heavy (non-hydrogen) atoms. The van der Waals surface area contributed by atoms with Crippen LogP contribution in [0.25, 0.3) is 0 Å². The monoisotopic (exact) mass is 262 g/mol. The summed E-state index contributed by atoms with van der Waals surface area (Å²) in [5.74, 6) is 0.547. The van der Waals surface area contributed by atoms with Gasteiger partial charge in [-0.25, -0.2) is 4.98 Å². The summed E-state index contributed by atoms with van der Waals surface area (Å²) in [5.41, 5.74) is 0.694. The van der Waals surface area contributed by atoms with Crippen LogP contribution in [0.4, 0.5) is 11.6 Å². The number of nitrogens with zero attached hydrogens (tertiary/aromatic N) is 5. The molecule has 8 nitrogen and oxygen atoms in total. The van der Waals surface area contributed by atoms with Gasteiger partial charge in [0.2, 0.25) is 0 Å². The van der Waals surface area contributed by atoms with Crippen LogP contribution < -0.4 is 5.32 Å². The Kier molecular flexibility index (Phi) is 4.01. The standard InChI is InChI=1S/C11H14N6O2/c1-2-4-12-10-7-13-9(6-14-10)8-16-5-3-11(15-16)17(18)19/h3,5-7H,2,4,8H2,1H3,(H,12,14). The molecule has 0 aliphatic rings. The lowest BCUT2D eigenvalue weighted by atomic mass is 10.4. The zero-order valence-corrected chi connectivity index (χ0v) is 10.5. The van der Waals surface area contributed by atoms with E-state index in [1.54, 1.807) is 18.6 Å².